The third-order valence-electron chi connectivity index (χ3n) is 1.65. The van der Waals surface area contributed by atoms with Crippen LogP contribution in [-0.4, -0.2) is 19.6 Å². The molecular weight excluding hydrogens is 124 g/mol. The molecule has 1 fully saturated rings. The van der Waals surface area contributed by atoms with E-state index in [-0.39, 0.29) is 0 Å². The molecule has 1 aliphatic rings. The van der Waals surface area contributed by atoms with Crippen LogP contribution in [0, 0.1) is 0 Å². The summed E-state index contributed by atoms with van der Waals surface area (Å²) in [5.41, 5.74) is 1.37. The summed E-state index contributed by atoms with van der Waals surface area (Å²) in [6.07, 6.45) is 4.72. The van der Waals surface area contributed by atoms with Gasteiger partial charge in [0.05, 0.1) is 0 Å². The minimum Gasteiger partial charge on any atom is -0.386 e. The lowest BCUT2D eigenvalue weighted by atomic mass is 10.2. The molecule has 0 aromatic heterocycles. The lowest BCUT2D eigenvalue weighted by molar-refractivity contribution is 0.594. The normalized spacial score (nSPS) is 22.7. The lowest BCUT2D eigenvalue weighted by Gasteiger charge is -2.17. The summed E-state index contributed by atoms with van der Waals surface area (Å²) in [4.78, 5) is 0. The number of allylic oxidation sites excluding steroid dienone is 1. The molecule has 0 aliphatic carbocycles. The molecule has 1 heterocycles. The lowest BCUT2D eigenvalue weighted by Crippen LogP contribution is -2.38. The van der Waals surface area contributed by atoms with E-state index in [1.54, 1.807) is 0 Å². The van der Waals surface area contributed by atoms with E-state index >= 15 is 0 Å². The predicted octanol–water partition coefficient (Wildman–Crippen LogP) is 0.863. The molecule has 1 saturated heterocycles. The first-order valence-corrected chi connectivity index (χ1v) is 4.07. The molecule has 0 aromatic carbocycles. The molecule has 0 atom stereocenters. The van der Waals surface area contributed by atoms with Crippen molar-refractivity contribution < 1.29 is 0 Å². The summed E-state index contributed by atoms with van der Waals surface area (Å²) in [5.74, 6) is 0. The van der Waals surface area contributed by atoms with Gasteiger partial charge < -0.3 is 10.6 Å². The molecule has 0 aromatic rings. The molecule has 0 saturated carbocycles. The largest absolute Gasteiger partial charge is 0.386 e. The number of hydrogen-bond donors (Lipinski definition) is 2. The van der Waals surface area contributed by atoms with Gasteiger partial charge in [-0.15, -0.1) is 0 Å². The molecule has 2 N–H and O–H groups in total. The van der Waals surface area contributed by atoms with Gasteiger partial charge in [0.15, 0.2) is 0 Å². The van der Waals surface area contributed by atoms with Crippen LogP contribution in [0.1, 0.15) is 19.8 Å². The van der Waals surface area contributed by atoms with E-state index in [9.17, 15) is 0 Å². The first-order valence-electron chi connectivity index (χ1n) is 4.07. The first-order chi connectivity index (χ1) is 4.93. The third kappa shape index (κ3) is 2.40. The fourth-order valence-corrected chi connectivity index (χ4v) is 1.06. The molecule has 0 unspecified atom stereocenters. The molecule has 0 amide bonds. The molecule has 0 bridgehead atoms. The fraction of sp³-hybridized carbons (Fsp3) is 0.750. The summed E-state index contributed by atoms with van der Waals surface area (Å²) in [6.45, 7) is 5.41. The van der Waals surface area contributed by atoms with Crippen molar-refractivity contribution in [2.75, 3.05) is 19.6 Å². The van der Waals surface area contributed by atoms with Crippen LogP contribution in [0.5, 0.6) is 0 Å². The zero-order chi connectivity index (χ0) is 7.23. The molecule has 58 valence electrons. The van der Waals surface area contributed by atoms with Gasteiger partial charge in [-0.05, 0) is 6.42 Å². The summed E-state index contributed by atoms with van der Waals surface area (Å²) in [7, 11) is 0. The quantitative estimate of drug-likeness (QED) is 0.594. The summed E-state index contributed by atoms with van der Waals surface area (Å²) in [5, 5.41) is 6.67. The summed E-state index contributed by atoms with van der Waals surface area (Å²) >= 11 is 0. The van der Waals surface area contributed by atoms with Crippen LogP contribution in [-0.2, 0) is 0 Å². The highest BCUT2D eigenvalue weighted by atomic mass is 15.0. The first kappa shape index (κ1) is 7.61. The van der Waals surface area contributed by atoms with E-state index in [2.05, 4.69) is 23.6 Å². The average molecular weight is 140 g/mol. The van der Waals surface area contributed by atoms with Gasteiger partial charge >= 0.3 is 0 Å². The van der Waals surface area contributed by atoms with Crippen molar-refractivity contribution in [3.8, 4) is 0 Å². The minimum absolute atomic E-state index is 1.03. The zero-order valence-electron chi connectivity index (χ0n) is 6.61. The van der Waals surface area contributed by atoms with Gasteiger partial charge in [-0.25, -0.2) is 0 Å². The third-order valence-corrected chi connectivity index (χ3v) is 1.65. The second-order valence-corrected chi connectivity index (χ2v) is 2.62. The van der Waals surface area contributed by atoms with Gasteiger partial charge in [-0.1, -0.05) is 19.4 Å². The Kier molecular flexibility index (Phi) is 3.30. The van der Waals surface area contributed by atoms with E-state index in [0.717, 1.165) is 19.6 Å². The monoisotopic (exact) mass is 140 g/mol. The zero-order valence-corrected chi connectivity index (χ0v) is 6.61. The van der Waals surface area contributed by atoms with Gasteiger partial charge in [0.1, 0.15) is 0 Å². The maximum Gasteiger partial charge on any atom is 0.0351 e. The SMILES string of the molecule is CCCC=C1CNCCN1. The maximum atomic E-state index is 3.35. The van der Waals surface area contributed by atoms with Crippen LogP contribution in [0.2, 0.25) is 0 Å². The van der Waals surface area contributed by atoms with E-state index in [1.807, 2.05) is 0 Å². The number of hydrogen-bond acceptors (Lipinski definition) is 2. The molecule has 2 nitrogen and oxygen atoms in total. The number of unbranched alkanes of at least 4 members (excludes halogenated alkanes) is 1. The summed E-state index contributed by atoms with van der Waals surface area (Å²) < 4.78 is 0. The van der Waals surface area contributed by atoms with Gasteiger partial charge in [-0.2, -0.15) is 0 Å². The van der Waals surface area contributed by atoms with Crippen molar-refractivity contribution >= 4 is 0 Å². The number of nitrogens with one attached hydrogen (secondary N) is 2. The number of rotatable bonds is 2. The van der Waals surface area contributed by atoms with Gasteiger partial charge in [-0.3, -0.25) is 0 Å². The molecule has 10 heavy (non-hydrogen) atoms. The van der Waals surface area contributed by atoms with Gasteiger partial charge in [0.2, 0.25) is 0 Å². The molecule has 0 radical (unpaired) electrons. The maximum absolute atomic E-state index is 3.35. The van der Waals surface area contributed by atoms with Crippen molar-refractivity contribution in [3.63, 3.8) is 0 Å². The van der Waals surface area contributed by atoms with Crippen LogP contribution in [0.4, 0.5) is 0 Å². The minimum atomic E-state index is 1.03. The molecule has 2 heteroatoms. The Morgan fingerprint density at radius 3 is 3.00 bits per heavy atom. The Balaban J connectivity index is 2.23. The Labute approximate surface area is 62.7 Å². The van der Waals surface area contributed by atoms with Crippen molar-refractivity contribution in [3.05, 3.63) is 11.8 Å². The molecular formula is C8H16N2. The van der Waals surface area contributed by atoms with E-state index in [1.165, 1.54) is 18.5 Å². The second kappa shape index (κ2) is 4.34. The van der Waals surface area contributed by atoms with Gasteiger partial charge in [0, 0.05) is 25.3 Å². The van der Waals surface area contributed by atoms with Crippen LogP contribution < -0.4 is 10.6 Å². The standard InChI is InChI=1S/C8H16N2/c1-2-3-4-8-7-9-5-6-10-8/h4,9-10H,2-3,5-7H2,1H3. The van der Waals surface area contributed by atoms with Crippen LogP contribution in [0.25, 0.3) is 0 Å². The Bertz CT molecular complexity index is 110. The fourth-order valence-electron chi connectivity index (χ4n) is 1.06. The second-order valence-electron chi connectivity index (χ2n) is 2.62. The van der Waals surface area contributed by atoms with Crippen molar-refractivity contribution in [1.82, 2.24) is 10.6 Å². The highest BCUT2D eigenvalue weighted by Crippen LogP contribution is 1.96. The van der Waals surface area contributed by atoms with Crippen LogP contribution >= 0.6 is 0 Å². The average Bonchev–Trinajstić information content (AvgIpc) is 2.03. The molecule has 0 spiro atoms. The van der Waals surface area contributed by atoms with Crippen molar-refractivity contribution in [1.29, 1.82) is 0 Å². The highest BCUT2D eigenvalue weighted by molar-refractivity contribution is 5.03. The Morgan fingerprint density at radius 2 is 2.40 bits per heavy atom. The smallest absolute Gasteiger partial charge is 0.0351 e. The molecule has 1 rings (SSSR count). The predicted molar refractivity (Wildman–Crippen MR) is 43.9 cm³/mol. The topological polar surface area (TPSA) is 24.1 Å². The Morgan fingerprint density at radius 1 is 1.50 bits per heavy atom. The summed E-state index contributed by atoms with van der Waals surface area (Å²) in [6, 6.07) is 0. The molecule has 1 aliphatic heterocycles. The number of piperazine rings is 1. The van der Waals surface area contributed by atoms with Crippen molar-refractivity contribution in [2.24, 2.45) is 0 Å². The van der Waals surface area contributed by atoms with Gasteiger partial charge in [0.25, 0.3) is 0 Å². The Hall–Kier alpha value is -0.500. The van der Waals surface area contributed by atoms with Crippen LogP contribution in [0.15, 0.2) is 11.8 Å². The van der Waals surface area contributed by atoms with E-state index < -0.39 is 0 Å². The van der Waals surface area contributed by atoms with E-state index in [0.29, 0.717) is 0 Å². The van der Waals surface area contributed by atoms with E-state index in [4.69, 9.17) is 0 Å². The van der Waals surface area contributed by atoms with Crippen LogP contribution in [0.3, 0.4) is 0 Å². The van der Waals surface area contributed by atoms with Crippen molar-refractivity contribution in [2.45, 2.75) is 19.8 Å². The highest BCUT2D eigenvalue weighted by Gasteiger charge is 2.00.